The first kappa shape index (κ1) is 20.9. The molecule has 1 aliphatic heterocycles. The number of ether oxygens (including phenoxy) is 2. The summed E-state index contributed by atoms with van der Waals surface area (Å²) in [5.74, 6) is -1.52. The molecule has 1 aliphatic carbocycles. The molecule has 1 aromatic rings. The predicted octanol–water partition coefficient (Wildman–Crippen LogP) is 1.64. The van der Waals surface area contributed by atoms with E-state index < -0.39 is 29.2 Å². The van der Waals surface area contributed by atoms with Crippen LogP contribution in [0.25, 0.3) is 0 Å². The van der Waals surface area contributed by atoms with Crippen molar-refractivity contribution in [2.75, 3.05) is 13.2 Å². The van der Waals surface area contributed by atoms with Crippen molar-refractivity contribution in [2.45, 2.75) is 44.8 Å². The van der Waals surface area contributed by atoms with Gasteiger partial charge in [0.2, 0.25) is 0 Å². The zero-order chi connectivity index (χ0) is 21.3. The first-order valence-electron chi connectivity index (χ1n) is 9.32. The zero-order valence-corrected chi connectivity index (χ0v) is 16.3. The summed E-state index contributed by atoms with van der Waals surface area (Å²) in [5.41, 5.74) is -0.846. The summed E-state index contributed by atoms with van der Waals surface area (Å²) < 4.78 is 11.0. The van der Waals surface area contributed by atoms with Gasteiger partial charge in [-0.3, -0.25) is 4.79 Å². The maximum atomic E-state index is 12.8. The molecule has 0 radical (unpaired) electrons. The number of rotatable bonds is 5. The van der Waals surface area contributed by atoms with Crippen LogP contribution in [0.15, 0.2) is 35.1 Å². The number of aryl methyl sites for hydroxylation is 1. The average molecular weight is 404 g/mol. The van der Waals surface area contributed by atoms with Gasteiger partial charge in [-0.25, -0.2) is 4.79 Å². The summed E-state index contributed by atoms with van der Waals surface area (Å²) in [4.78, 5) is 25.4. The SMILES string of the molecule is Cc1cc(O)cc(O)c1C(=O)O[C@@H]1CC2=C(COC(CCCO)=C2)C(=O)[C@]1(C)O. The van der Waals surface area contributed by atoms with E-state index in [1.807, 2.05) is 0 Å². The Morgan fingerprint density at radius 2 is 2.07 bits per heavy atom. The van der Waals surface area contributed by atoms with E-state index >= 15 is 0 Å². The molecule has 0 aromatic heterocycles. The highest BCUT2D eigenvalue weighted by Crippen LogP contribution is 2.37. The van der Waals surface area contributed by atoms with Crippen LogP contribution in [0.5, 0.6) is 11.5 Å². The fourth-order valence-electron chi connectivity index (χ4n) is 3.58. The van der Waals surface area contributed by atoms with Crippen molar-refractivity contribution in [3.8, 4) is 11.5 Å². The van der Waals surface area contributed by atoms with Crippen LogP contribution in [-0.2, 0) is 14.3 Å². The van der Waals surface area contributed by atoms with Crippen molar-refractivity contribution in [2.24, 2.45) is 0 Å². The van der Waals surface area contributed by atoms with Crippen molar-refractivity contribution >= 4 is 11.8 Å². The monoisotopic (exact) mass is 404 g/mol. The third-order valence-corrected chi connectivity index (χ3v) is 5.22. The normalized spacial score (nSPS) is 23.9. The number of aliphatic hydroxyl groups is 2. The van der Waals surface area contributed by atoms with Gasteiger partial charge in [-0.2, -0.15) is 0 Å². The number of esters is 1. The zero-order valence-electron chi connectivity index (χ0n) is 16.3. The van der Waals surface area contributed by atoms with E-state index in [4.69, 9.17) is 14.6 Å². The fraction of sp³-hybridized carbons (Fsp3) is 0.429. The second-order valence-electron chi connectivity index (χ2n) is 7.46. The second-order valence-corrected chi connectivity index (χ2v) is 7.46. The van der Waals surface area contributed by atoms with Crippen molar-refractivity contribution in [3.63, 3.8) is 0 Å². The minimum atomic E-state index is -1.95. The van der Waals surface area contributed by atoms with Gasteiger partial charge in [-0.05, 0) is 43.5 Å². The molecule has 8 nitrogen and oxygen atoms in total. The van der Waals surface area contributed by atoms with Gasteiger partial charge >= 0.3 is 5.97 Å². The Kier molecular flexibility index (Phi) is 5.68. The Morgan fingerprint density at radius 3 is 2.72 bits per heavy atom. The van der Waals surface area contributed by atoms with Crippen molar-refractivity contribution in [1.82, 2.24) is 0 Å². The van der Waals surface area contributed by atoms with Crippen molar-refractivity contribution in [3.05, 3.63) is 46.2 Å². The van der Waals surface area contributed by atoms with E-state index in [0.29, 0.717) is 35.3 Å². The summed E-state index contributed by atoms with van der Waals surface area (Å²) in [6, 6.07) is 2.32. The lowest BCUT2D eigenvalue weighted by Crippen LogP contribution is -2.53. The van der Waals surface area contributed by atoms with E-state index in [9.17, 15) is 24.9 Å². The third kappa shape index (κ3) is 3.99. The van der Waals surface area contributed by atoms with Gasteiger partial charge in [0.1, 0.15) is 29.8 Å². The largest absolute Gasteiger partial charge is 0.508 e. The van der Waals surface area contributed by atoms with E-state index in [0.717, 1.165) is 6.07 Å². The fourth-order valence-corrected chi connectivity index (χ4v) is 3.58. The maximum Gasteiger partial charge on any atom is 0.342 e. The number of benzene rings is 1. The predicted molar refractivity (Wildman–Crippen MR) is 101 cm³/mol. The lowest BCUT2D eigenvalue weighted by atomic mass is 9.77. The summed E-state index contributed by atoms with van der Waals surface area (Å²) in [5, 5.41) is 39.3. The lowest BCUT2D eigenvalue weighted by Gasteiger charge is -2.38. The number of hydrogen-bond acceptors (Lipinski definition) is 8. The first-order valence-corrected chi connectivity index (χ1v) is 9.32. The molecule has 0 unspecified atom stereocenters. The Labute approximate surface area is 167 Å². The number of aliphatic hydroxyl groups excluding tert-OH is 1. The molecule has 0 spiro atoms. The molecule has 1 heterocycles. The molecule has 0 amide bonds. The first-order chi connectivity index (χ1) is 13.6. The van der Waals surface area contributed by atoms with Gasteiger partial charge in [0.25, 0.3) is 0 Å². The van der Waals surface area contributed by atoms with Crippen LogP contribution in [0, 0.1) is 6.92 Å². The number of carbonyl (C=O) groups is 2. The maximum absolute atomic E-state index is 12.8. The van der Waals surface area contributed by atoms with Gasteiger partial charge in [-0.1, -0.05) is 0 Å². The topological polar surface area (TPSA) is 134 Å². The molecule has 2 atom stereocenters. The molecule has 3 rings (SSSR count). The van der Waals surface area contributed by atoms with Gasteiger partial charge in [0, 0.05) is 31.1 Å². The Bertz CT molecular complexity index is 886. The number of hydrogen-bond donors (Lipinski definition) is 4. The van der Waals surface area contributed by atoms with Crippen LogP contribution in [0.1, 0.15) is 42.1 Å². The van der Waals surface area contributed by atoms with E-state index in [1.165, 1.54) is 19.9 Å². The Hall–Kier alpha value is -2.84. The molecule has 0 saturated heterocycles. The third-order valence-electron chi connectivity index (χ3n) is 5.22. The molecule has 1 aromatic carbocycles. The number of carbonyl (C=O) groups excluding carboxylic acids is 2. The van der Waals surface area contributed by atoms with Gasteiger partial charge in [0.15, 0.2) is 11.4 Å². The van der Waals surface area contributed by atoms with Crippen molar-refractivity contribution < 1.29 is 39.5 Å². The highest BCUT2D eigenvalue weighted by atomic mass is 16.6. The van der Waals surface area contributed by atoms with E-state index in [-0.39, 0.29) is 30.9 Å². The van der Waals surface area contributed by atoms with Crippen molar-refractivity contribution in [1.29, 1.82) is 0 Å². The van der Waals surface area contributed by atoms with Crippen LogP contribution in [0.3, 0.4) is 0 Å². The quantitative estimate of drug-likeness (QED) is 0.544. The van der Waals surface area contributed by atoms with E-state index in [2.05, 4.69) is 0 Å². The molecule has 29 heavy (non-hydrogen) atoms. The molecular weight excluding hydrogens is 380 g/mol. The molecular formula is C21H24O8. The molecule has 0 bridgehead atoms. The Balaban J connectivity index is 1.87. The molecule has 156 valence electrons. The standard InChI is InChI=1S/C21H24O8/c1-11-6-13(23)9-16(24)18(11)20(26)29-17-8-12-7-14(4-3-5-22)28-10-15(12)19(25)21(17,2)27/h6-7,9,17,22-24,27H,3-5,8,10H2,1-2H3/t17-,21-/m1/s1. The molecule has 0 saturated carbocycles. The minimum absolute atomic E-state index is 0.00988. The van der Waals surface area contributed by atoms with Gasteiger partial charge in [0.05, 0.1) is 5.76 Å². The average Bonchev–Trinajstić information content (AvgIpc) is 2.63. The van der Waals surface area contributed by atoms with E-state index in [1.54, 1.807) is 6.08 Å². The van der Waals surface area contributed by atoms with Crippen LogP contribution in [-0.4, -0.2) is 57.1 Å². The lowest BCUT2D eigenvalue weighted by molar-refractivity contribution is -0.146. The molecule has 4 N–H and O–H groups in total. The number of phenols is 2. The number of ketones is 1. The molecule has 2 aliphatic rings. The summed E-state index contributed by atoms with van der Waals surface area (Å²) in [6.45, 7) is 2.83. The summed E-state index contributed by atoms with van der Waals surface area (Å²) in [7, 11) is 0. The smallest absolute Gasteiger partial charge is 0.342 e. The number of phenolic OH excluding ortho intramolecular Hbond substituents is 2. The number of Topliss-reactive ketones (excluding diaryl/α,β-unsaturated/α-hetero) is 1. The second kappa shape index (κ2) is 7.88. The van der Waals surface area contributed by atoms with Crippen LogP contribution in [0.4, 0.5) is 0 Å². The van der Waals surface area contributed by atoms with Gasteiger partial charge in [-0.15, -0.1) is 0 Å². The van der Waals surface area contributed by atoms with Crippen LogP contribution >= 0.6 is 0 Å². The highest BCUT2D eigenvalue weighted by molar-refractivity contribution is 6.05. The summed E-state index contributed by atoms with van der Waals surface area (Å²) in [6.07, 6.45) is 1.64. The Morgan fingerprint density at radius 1 is 1.34 bits per heavy atom. The van der Waals surface area contributed by atoms with Crippen LogP contribution in [0.2, 0.25) is 0 Å². The summed E-state index contributed by atoms with van der Waals surface area (Å²) >= 11 is 0. The number of allylic oxidation sites excluding steroid dienone is 2. The van der Waals surface area contributed by atoms with Crippen LogP contribution < -0.4 is 0 Å². The highest BCUT2D eigenvalue weighted by Gasteiger charge is 2.48. The number of aromatic hydroxyl groups is 2. The molecule has 0 fully saturated rings. The van der Waals surface area contributed by atoms with Gasteiger partial charge < -0.3 is 29.9 Å². The minimum Gasteiger partial charge on any atom is -0.508 e. The molecule has 8 heteroatoms.